The number of rotatable bonds is 33. The van der Waals surface area contributed by atoms with Crippen molar-refractivity contribution in [1.29, 1.82) is 0 Å². The second kappa shape index (κ2) is 34.7. The Kier molecular flexibility index (Phi) is 34.4. The standard InChI is InChI=1S/C36H74N2/c1-3-5-7-9-11-13-15-17-19-20-22-24-26-28-30-32-35-38(36-33-37)34-31-29-27-25-23-21-18-16-14-12-10-8-6-4-2/h17,19H,3-16,18,20-37H2,1-2H3/b19-17-. The molecule has 38 heavy (non-hydrogen) atoms. The normalized spacial score (nSPS) is 11.9. The molecule has 0 fully saturated rings. The van der Waals surface area contributed by atoms with E-state index in [1.807, 2.05) is 0 Å². The molecule has 0 aromatic carbocycles. The predicted molar refractivity (Wildman–Crippen MR) is 175 cm³/mol. The van der Waals surface area contributed by atoms with Gasteiger partial charge in [-0.15, -0.1) is 0 Å². The van der Waals surface area contributed by atoms with E-state index in [9.17, 15) is 0 Å². The molecule has 0 radical (unpaired) electrons. The second-order valence-corrected chi connectivity index (χ2v) is 12.2. The molecule has 0 aromatic rings. The van der Waals surface area contributed by atoms with Crippen LogP contribution in [0.1, 0.15) is 194 Å². The van der Waals surface area contributed by atoms with Crippen LogP contribution in [-0.2, 0) is 0 Å². The van der Waals surface area contributed by atoms with Gasteiger partial charge in [-0.05, 0) is 51.6 Å². The van der Waals surface area contributed by atoms with Crippen LogP contribution in [-0.4, -0.2) is 31.1 Å². The van der Waals surface area contributed by atoms with E-state index in [-0.39, 0.29) is 0 Å². The highest BCUT2D eigenvalue weighted by atomic mass is 15.1. The fourth-order valence-corrected chi connectivity index (χ4v) is 5.63. The van der Waals surface area contributed by atoms with Gasteiger partial charge in [0.25, 0.3) is 0 Å². The SMILES string of the molecule is CCCCCCCC/C=C\CCCCCCCCN(CCN)CCCCCCCCCCCCCCCC. The average molecular weight is 535 g/mol. The van der Waals surface area contributed by atoms with Gasteiger partial charge in [0, 0.05) is 13.1 Å². The molecule has 0 spiro atoms. The first kappa shape index (κ1) is 37.7. The molecule has 0 rings (SSSR count). The van der Waals surface area contributed by atoms with Crippen molar-refractivity contribution in [2.45, 2.75) is 194 Å². The summed E-state index contributed by atoms with van der Waals surface area (Å²) in [6.07, 6.45) is 44.5. The minimum atomic E-state index is 0.810. The van der Waals surface area contributed by atoms with Crippen molar-refractivity contribution < 1.29 is 0 Å². The summed E-state index contributed by atoms with van der Waals surface area (Å²) in [5, 5.41) is 0. The molecule has 0 bridgehead atoms. The monoisotopic (exact) mass is 535 g/mol. The Bertz CT molecular complexity index is 433. The van der Waals surface area contributed by atoms with Crippen molar-refractivity contribution in [2.75, 3.05) is 26.2 Å². The van der Waals surface area contributed by atoms with Gasteiger partial charge < -0.3 is 10.6 Å². The smallest absolute Gasteiger partial charge is 0.0105 e. The molecule has 228 valence electrons. The summed E-state index contributed by atoms with van der Waals surface area (Å²) in [6.45, 7) is 9.02. The molecule has 2 nitrogen and oxygen atoms in total. The second-order valence-electron chi connectivity index (χ2n) is 12.2. The summed E-state index contributed by atoms with van der Waals surface area (Å²) in [7, 11) is 0. The Balaban J connectivity index is 3.41. The van der Waals surface area contributed by atoms with Crippen LogP contribution in [0.4, 0.5) is 0 Å². The number of unbranched alkanes of at least 4 members (excludes halogenated alkanes) is 25. The van der Waals surface area contributed by atoms with Crippen LogP contribution in [0.5, 0.6) is 0 Å². The lowest BCUT2D eigenvalue weighted by Gasteiger charge is -2.21. The van der Waals surface area contributed by atoms with Crippen molar-refractivity contribution in [2.24, 2.45) is 5.73 Å². The third-order valence-corrected chi connectivity index (χ3v) is 8.26. The number of nitrogens with zero attached hydrogens (tertiary/aromatic N) is 1. The molecule has 0 aromatic heterocycles. The fourth-order valence-electron chi connectivity index (χ4n) is 5.63. The van der Waals surface area contributed by atoms with Crippen molar-refractivity contribution >= 4 is 0 Å². The third-order valence-electron chi connectivity index (χ3n) is 8.26. The summed E-state index contributed by atoms with van der Waals surface area (Å²) in [6, 6.07) is 0. The highest BCUT2D eigenvalue weighted by Crippen LogP contribution is 2.14. The van der Waals surface area contributed by atoms with Gasteiger partial charge in [0.05, 0.1) is 0 Å². The average Bonchev–Trinajstić information content (AvgIpc) is 2.92. The number of allylic oxidation sites excluding steroid dienone is 2. The molecular formula is C36H74N2. The zero-order valence-electron chi connectivity index (χ0n) is 26.8. The maximum Gasteiger partial charge on any atom is 0.0105 e. The molecule has 0 saturated carbocycles. The van der Waals surface area contributed by atoms with Gasteiger partial charge in [-0.3, -0.25) is 0 Å². The topological polar surface area (TPSA) is 29.3 Å². The summed E-state index contributed by atoms with van der Waals surface area (Å²) >= 11 is 0. The molecule has 0 heterocycles. The Morgan fingerprint density at radius 1 is 0.368 bits per heavy atom. The van der Waals surface area contributed by atoms with Crippen LogP contribution in [0.25, 0.3) is 0 Å². The van der Waals surface area contributed by atoms with Crippen molar-refractivity contribution in [3.05, 3.63) is 12.2 Å². The highest BCUT2D eigenvalue weighted by molar-refractivity contribution is 4.81. The van der Waals surface area contributed by atoms with Crippen LogP contribution in [0.2, 0.25) is 0 Å². The Hall–Kier alpha value is -0.340. The first-order chi connectivity index (χ1) is 18.8. The van der Waals surface area contributed by atoms with Gasteiger partial charge in [0.2, 0.25) is 0 Å². The van der Waals surface area contributed by atoms with E-state index in [2.05, 4.69) is 30.9 Å². The van der Waals surface area contributed by atoms with Gasteiger partial charge in [-0.25, -0.2) is 0 Å². The van der Waals surface area contributed by atoms with E-state index in [0.29, 0.717) is 0 Å². The van der Waals surface area contributed by atoms with Gasteiger partial charge >= 0.3 is 0 Å². The van der Waals surface area contributed by atoms with Gasteiger partial charge in [0.1, 0.15) is 0 Å². The minimum absolute atomic E-state index is 0.810. The lowest BCUT2D eigenvalue weighted by molar-refractivity contribution is 0.267. The van der Waals surface area contributed by atoms with Crippen molar-refractivity contribution in [3.8, 4) is 0 Å². The lowest BCUT2D eigenvalue weighted by atomic mass is 10.0. The molecule has 2 heteroatoms. The first-order valence-electron chi connectivity index (χ1n) is 17.9. The molecule has 0 aliphatic rings. The summed E-state index contributed by atoms with van der Waals surface area (Å²) < 4.78 is 0. The van der Waals surface area contributed by atoms with E-state index < -0.39 is 0 Å². The maximum absolute atomic E-state index is 5.89. The molecule has 0 unspecified atom stereocenters. The summed E-state index contributed by atoms with van der Waals surface area (Å²) in [5.41, 5.74) is 5.89. The van der Waals surface area contributed by atoms with E-state index in [1.165, 1.54) is 193 Å². The number of hydrogen-bond acceptors (Lipinski definition) is 2. The Morgan fingerprint density at radius 3 is 0.974 bits per heavy atom. The quantitative estimate of drug-likeness (QED) is 0.0670. The maximum atomic E-state index is 5.89. The van der Waals surface area contributed by atoms with E-state index >= 15 is 0 Å². The van der Waals surface area contributed by atoms with Crippen LogP contribution in [0, 0.1) is 0 Å². The first-order valence-corrected chi connectivity index (χ1v) is 17.9. The van der Waals surface area contributed by atoms with Crippen LogP contribution >= 0.6 is 0 Å². The fraction of sp³-hybridized carbons (Fsp3) is 0.944. The van der Waals surface area contributed by atoms with Gasteiger partial charge in [0.15, 0.2) is 0 Å². The minimum Gasteiger partial charge on any atom is -0.329 e. The van der Waals surface area contributed by atoms with Crippen LogP contribution in [0.3, 0.4) is 0 Å². The number of nitrogens with two attached hydrogens (primary N) is 1. The molecule has 2 N–H and O–H groups in total. The van der Waals surface area contributed by atoms with E-state index in [4.69, 9.17) is 5.73 Å². The third kappa shape index (κ3) is 31.9. The number of hydrogen-bond donors (Lipinski definition) is 1. The molecule has 0 amide bonds. The van der Waals surface area contributed by atoms with E-state index in [1.54, 1.807) is 0 Å². The molecule has 0 aliphatic carbocycles. The zero-order chi connectivity index (χ0) is 27.6. The summed E-state index contributed by atoms with van der Waals surface area (Å²) in [5.74, 6) is 0. The van der Waals surface area contributed by atoms with Crippen molar-refractivity contribution in [3.63, 3.8) is 0 Å². The molecule has 0 aliphatic heterocycles. The summed E-state index contributed by atoms with van der Waals surface area (Å²) in [4.78, 5) is 2.63. The Labute approximate surface area is 242 Å². The van der Waals surface area contributed by atoms with Crippen LogP contribution < -0.4 is 5.73 Å². The van der Waals surface area contributed by atoms with Crippen molar-refractivity contribution in [1.82, 2.24) is 4.90 Å². The van der Waals surface area contributed by atoms with Gasteiger partial charge in [-0.1, -0.05) is 167 Å². The zero-order valence-corrected chi connectivity index (χ0v) is 26.8. The lowest BCUT2D eigenvalue weighted by Crippen LogP contribution is -2.31. The predicted octanol–water partition coefficient (Wildman–Crippen LogP) is 11.8. The molecular weight excluding hydrogens is 460 g/mol. The van der Waals surface area contributed by atoms with Gasteiger partial charge in [-0.2, -0.15) is 0 Å². The molecule has 0 atom stereocenters. The van der Waals surface area contributed by atoms with Crippen LogP contribution in [0.15, 0.2) is 12.2 Å². The largest absolute Gasteiger partial charge is 0.329 e. The van der Waals surface area contributed by atoms with E-state index in [0.717, 1.165) is 13.1 Å². The molecule has 0 saturated heterocycles. The highest BCUT2D eigenvalue weighted by Gasteiger charge is 2.04. The Morgan fingerprint density at radius 2 is 0.658 bits per heavy atom.